The molecule has 25 heavy (non-hydrogen) atoms. The van der Waals surface area contributed by atoms with Gasteiger partial charge in [0.15, 0.2) is 6.04 Å². The maximum absolute atomic E-state index is 12.3. The summed E-state index contributed by atoms with van der Waals surface area (Å²) in [4.78, 5) is 46.2. The molecule has 0 radical (unpaired) electrons. The third-order valence-electron chi connectivity index (χ3n) is 3.42. The number of carbonyl (C=O) groups excluding carboxylic acids is 3. The van der Waals surface area contributed by atoms with E-state index in [1.54, 1.807) is 0 Å². The van der Waals surface area contributed by atoms with Gasteiger partial charge in [0.05, 0.1) is 12.1 Å². The van der Waals surface area contributed by atoms with Gasteiger partial charge < -0.3 is 32.3 Å². The van der Waals surface area contributed by atoms with Gasteiger partial charge in [0.2, 0.25) is 17.7 Å². The van der Waals surface area contributed by atoms with Crippen LogP contribution in [0.4, 0.5) is 0 Å². The van der Waals surface area contributed by atoms with Crippen molar-refractivity contribution in [2.45, 2.75) is 64.3 Å². The van der Waals surface area contributed by atoms with Crippen LogP contribution in [0.3, 0.4) is 0 Å². The Labute approximate surface area is 146 Å². The van der Waals surface area contributed by atoms with Crippen LogP contribution in [0.25, 0.3) is 0 Å². The van der Waals surface area contributed by atoms with Crippen LogP contribution in [0, 0.1) is 5.92 Å². The molecule has 3 amide bonds. The average molecular weight is 360 g/mol. The molecule has 0 saturated heterocycles. The third kappa shape index (κ3) is 9.01. The fourth-order valence-corrected chi connectivity index (χ4v) is 2.05. The normalized spacial score (nSPS) is 15.8. The number of aliphatic hydroxyl groups excluding tert-OH is 1. The summed E-state index contributed by atoms with van der Waals surface area (Å²) in [5.74, 6) is -3.35. The number of hydrogen-bond donors (Lipinski definition) is 6. The Morgan fingerprint density at radius 2 is 1.60 bits per heavy atom. The van der Waals surface area contributed by atoms with Crippen molar-refractivity contribution in [1.82, 2.24) is 10.6 Å². The van der Waals surface area contributed by atoms with Crippen molar-refractivity contribution >= 4 is 23.7 Å². The number of nitrogens with two attached hydrogens (primary N) is 2. The molecule has 0 fully saturated rings. The second kappa shape index (κ2) is 10.6. The Balaban J connectivity index is 4.98. The molecule has 0 aromatic carbocycles. The van der Waals surface area contributed by atoms with E-state index < -0.39 is 47.9 Å². The maximum Gasteiger partial charge on any atom is 0.328 e. The van der Waals surface area contributed by atoms with E-state index >= 15 is 0 Å². The van der Waals surface area contributed by atoms with Crippen molar-refractivity contribution in [2.75, 3.05) is 0 Å². The number of carbonyl (C=O) groups is 4. The predicted octanol–water partition coefficient (Wildman–Crippen LogP) is -1.94. The summed E-state index contributed by atoms with van der Waals surface area (Å²) >= 11 is 0. The van der Waals surface area contributed by atoms with Crippen LogP contribution in [-0.2, 0) is 19.2 Å². The predicted molar refractivity (Wildman–Crippen MR) is 89.0 cm³/mol. The number of aliphatic hydroxyl groups is 1. The van der Waals surface area contributed by atoms with Crippen LogP contribution in [0.15, 0.2) is 0 Å². The molecule has 8 N–H and O–H groups in total. The molecule has 0 aromatic rings. The first-order chi connectivity index (χ1) is 11.5. The Morgan fingerprint density at radius 3 is 2.00 bits per heavy atom. The number of primary amides is 1. The SMILES string of the molecule is CC(C)CC(NC(=O)C(N)CCC(N)=O)C(=O)NC(C(=O)O)C(C)O. The highest BCUT2D eigenvalue weighted by atomic mass is 16.4. The number of carboxylic acid groups (broad SMARTS) is 1. The zero-order chi connectivity index (χ0) is 19.7. The second-order valence-electron chi connectivity index (χ2n) is 6.37. The van der Waals surface area contributed by atoms with Crippen LogP contribution in [0.1, 0.15) is 40.0 Å². The molecule has 10 heteroatoms. The highest BCUT2D eigenvalue weighted by molar-refractivity contribution is 5.92. The number of hydrogen-bond acceptors (Lipinski definition) is 6. The Bertz CT molecular complexity index is 494. The van der Waals surface area contributed by atoms with Gasteiger partial charge in [-0.15, -0.1) is 0 Å². The highest BCUT2D eigenvalue weighted by Gasteiger charge is 2.30. The summed E-state index contributed by atoms with van der Waals surface area (Å²) in [7, 11) is 0. The molecule has 144 valence electrons. The number of nitrogens with one attached hydrogen (secondary N) is 2. The molecule has 0 bridgehead atoms. The first kappa shape index (κ1) is 22.8. The average Bonchev–Trinajstić information content (AvgIpc) is 2.47. The molecule has 0 spiro atoms. The molecule has 4 unspecified atom stereocenters. The lowest BCUT2D eigenvalue weighted by atomic mass is 10.0. The molecule has 0 rings (SSSR count). The molecule has 0 aliphatic rings. The largest absolute Gasteiger partial charge is 0.480 e. The van der Waals surface area contributed by atoms with Gasteiger partial charge in [-0.25, -0.2) is 4.79 Å². The first-order valence-corrected chi connectivity index (χ1v) is 8.01. The van der Waals surface area contributed by atoms with Gasteiger partial charge in [-0.05, 0) is 25.7 Å². The van der Waals surface area contributed by atoms with E-state index in [9.17, 15) is 24.3 Å². The summed E-state index contributed by atoms with van der Waals surface area (Å²) < 4.78 is 0. The van der Waals surface area contributed by atoms with E-state index in [0.717, 1.165) is 0 Å². The van der Waals surface area contributed by atoms with Gasteiger partial charge in [-0.2, -0.15) is 0 Å². The van der Waals surface area contributed by atoms with E-state index in [2.05, 4.69) is 10.6 Å². The summed E-state index contributed by atoms with van der Waals surface area (Å²) in [5, 5.41) is 23.1. The van der Waals surface area contributed by atoms with Crippen molar-refractivity contribution in [3.05, 3.63) is 0 Å². The lowest BCUT2D eigenvalue weighted by Crippen LogP contribution is -2.56. The minimum atomic E-state index is -1.50. The zero-order valence-corrected chi connectivity index (χ0v) is 14.7. The van der Waals surface area contributed by atoms with Crippen LogP contribution in [0.2, 0.25) is 0 Å². The number of amides is 3. The number of aliphatic carboxylic acids is 1. The van der Waals surface area contributed by atoms with Crippen molar-refractivity contribution < 1.29 is 29.4 Å². The molecule has 0 aliphatic carbocycles. The molecular weight excluding hydrogens is 332 g/mol. The molecular formula is C15H28N4O6. The van der Waals surface area contributed by atoms with Gasteiger partial charge in [0.1, 0.15) is 6.04 Å². The van der Waals surface area contributed by atoms with Crippen molar-refractivity contribution in [3.8, 4) is 0 Å². The number of rotatable bonds is 11. The first-order valence-electron chi connectivity index (χ1n) is 8.01. The Hall–Kier alpha value is -2.20. The third-order valence-corrected chi connectivity index (χ3v) is 3.42. The Morgan fingerprint density at radius 1 is 1.04 bits per heavy atom. The van der Waals surface area contributed by atoms with E-state index in [-0.39, 0.29) is 25.2 Å². The van der Waals surface area contributed by atoms with Crippen LogP contribution in [-0.4, -0.2) is 58.1 Å². The van der Waals surface area contributed by atoms with Gasteiger partial charge in [-0.1, -0.05) is 13.8 Å². The minimum Gasteiger partial charge on any atom is -0.480 e. The lowest BCUT2D eigenvalue weighted by molar-refractivity contribution is -0.145. The molecule has 10 nitrogen and oxygen atoms in total. The fourth-order valence-electron chi connectivity index (χ4n) is 2.05. The van der Waals surface area contributed by atoms with Gasteiger partial charge >= 0.3 is 5.97 Å². The smallest absolute Gasteiger partial charge is 0.328 e. The zero-order valence-electron chi connectivity index (χ0n) is 14.7. The summed E-state index contributed by atoms with van der Waals surface area (Å²) in [5.41, 5.74) is 10.7. The highest BCUT2D eigenvalue weighted by Crippen LogP contribution is 2.07. The number of carboxylic acids is 1. The van der Waals surface area contributed by atoms with Gasteiger partial charge in [0.25, 0.3) is 0 Å². The van der Waals surface area contributed by atoms with Crippen LogP contribution in [0.5, 0.6) is 0 Å². The van der Waals surface area contributed by atoms with E-state index in [0.29, 0.717) is 0 Å². The monoisotopic (exact) mass is 360 g/mol. The van der Waals surface area contributed by atoms with E-state index in [1.807, 2.05) is 13.8 Å². The van der Waals surface area contributed by atoms with E-state index in [4.69, 9.17) is 16.6 Å². The Kier molecular flexibility index (Phi) is 9.69. The quantitative estimate of drug-likeness (QED) is 0.247. The van der Waals surface area contributed by atoms with Crippen molar-refractivity contribution in [2.24, 2.45) is 17.4 Å². The van der Waals surface area contributed by atoms with Crippen molar-refractivity contribution in [1.29, 1.82) is 0 Å². The van der Waals surface area contributed by atoms with E-state index in [1.165, 1.54) is 6.92 Å². The van der Waals surface area contributed by atoms with Gasteiger partial charge in [-0.3, -0.25) is 14.4 Å². The van der Waals surface area contributed by atoms with Crippen molar-refractivity contribution in [3.63, 3.8) is 0 Å². The molecule has 0 heterocycles. The molecule has 4 atom stereocenters. The van der Waals surface area contributed by atoms with Crippen LogP contribution >= 0.6 is 0 Å². The summed E-state index contributed by atoms with van der Waals surface area (Å²) in [6.45, 7) is 4.88. The van der Waals surface area contributed by atoms with Crippen LogP contribution < -0.4 is 22.1 Å². The summed E-state index contributed by atoms with van der Waals surface area (Å²) in [6.07, 6.45) is -1.11. The fraction of sp³-hybridized carbons (Fsp3) is 0.733. The molecule has 0 aliphatic heterocycles. The molecule has 0 aromatic heterocycles. The lowest BCUT2D eigenvalue weighted by Gasteiger charge is -2.24. The minimum absolute atomic E-state index is 0.0210. The second-order valence-corrected chi connectivity index (χ2v) is 6.37. The molecule has 0 saturated carbocycles. The topological polar surface area (TPSA) is 185 Å². The summed E-state index contributed by atoms with van der Waals surface area (Å²) in [6, 6.07) is -3.54. The maximum atomic E-state index is 12.3. The van der Waals surface area contributed by atoms with Gasteiger partial charge in [0, 0.05) is 6.42 Å². The standard InChI is InChI=1S/C15H28N4O6/c1-7(2)6-10(14(23)19-12(8(3)20)15(24)25)18-13(22)9(16)4-5-11(17)21/h7-10,12,20H,4-6,16H2,1-3H3,(H2,17,21)(H,18,22)(H,19,23)(H,24,25).